The van der Waals surface area contributed by atoms with Crippen molar-refractivity contribution in [1.29, 1.82) is 0 Å². The van der Waals surface area contributed by atoms with Crippen LogP contribution in [0.25, 0.3) is 0 Å². The van der Waals surface area contributed by atoms with Crippen molar-refractivity contribution in [1.82, 2.24) is 14.9 Å². The maximum absolute atomic E-state index is 13.6. The Morgan fingerprint density at radius 1 is 1.17 bits per heavy atom. The molecule has 2 aliphatic carbocycles. The molecule has 0 aliphatic heterocycles. The lowest BCUT2D eigenvalue weighted by Gasteiger charge is -2.39. The first-order valence-electron chi connectivity index (χ1n) is 10.0. The number of aromatic nitrogens is 2. The lowest BCUT2D eigenvalue weighted by atomic mass is 9.79. The first-order chi connectivity index (χ1) is 14.1. The van der Waals surface area contributed by atoms with Gasteiger partial charge in [0.1, 0.15) is 12.2 Å². The maximum Gasteiger partial charge on any atom is 0.328 e. The van der Waals surface area contributed by atoms with Crippen LogP contribution in [0.1, 0.15) is 57.4 Å². The van der Waals surface area contributed by atoms with Gasteiger partial charge in [-0.1, -0.05) is 12.8 Å². The van der Waals surface area contributed by atoms with Gasteiger partial charge in [-0.25, -0.2) is 4.79 Å². The minimum absolute atomic E-state index is 0.0205. The third kappa shape index (κ3) is 4.62. The minimum Gasteiger partial charge on any atom is -0.481 e. The van der Waals surface area contributed by atoms with E-state index in [9.17, 15) is 33.8 Å². The Hall–Kier alpha value is -2.53. The molecule has 5 N–H and O–H groups in total. The van der Waals surface area contributed by atoms with Gasteiger partial charge in [-0.15, -0.1) is 0 Å². The lowest BCUT2D eigenvalue weighted by Crippen LogP contribution is -2.56. The van der Waals surface area contributed by atoms with Gasteiger partial charge in [0, 0.05) is 6.42 Å². The summed E-state index contributed by atoms with van der Waals surface area (Å²) < 4.78 is 14.4. The van der Waals surface area contributed by atoms with E-state index in [-0.39, 0.29) is 25.7 Å². The molecule has 0 unspecified atom stereocenters. The van der Waals surface area contributed by atoms with E-state index in [2.05, 4.69) is 5.32 Å². The fourth-order valence-corrected chi connectivity index (χ4v) is 4.79. The molecule has 4 atom stereocenters. The number of nitrogens with zero attached hydrogens (tertiary/aromatic N) is 1. The van der Waals surface area contributed by atoms with Crippen LogP contribution in [0.3, 0.4) is 0 Å². The first kappa shape index (κ1) is 22.2. The second-order valence-electron chi connectivity index (χ2n) is 8.40. The van der Waals surface area contributed by atoms with Crippen molar-refractivity contribution in [2.24, 2.45) is 5.41 Å². The van der Waals surface area contributed by atoms with Crippen molar-refractivity contribution in [2.75, 3.05) is 0 Å². The van der Waals surface area contributed by atoms with Crippen LogP contribution >= 0.6 is 0 Å². The van der Waals surface area contributed by atoms with Crippen LogP contribution in [0.5, 0.6) is 0 Å². The summed E-state index contributed by atoms with van der Waals surface area (Å²) in [7, 11) is 0. The van der Waals surface area contributed by atoms with Gasteiger partial charge in [0.05, 0.1) is 24.7 Å². The summed E-state index contributed by atoms with van der Waals surface area (Å²) in [6, 6.07) is -1.77. The average molecular weight is 427 g/mol. The van der Waals surface area contributed by atoms with Gasteiger partial charge in [-0.2, -0.15) is 4.39 Å². The number of carbonyl (C=O) groups is 2. The SMILES string of the molecule is O=C(O)CC1(CC(=O)N[C@@H]2CC[C@@H](n3cc(F)c(=O)[nH]c3=O)[C@H](O)[C@@H]2O)CCCC1. The summed E-state index contributed by atoms with van der Waals surface area (Å²) >= 11 is 0. The fourth-order valence-electron chi connectivity index (χ4n) is 4.79. The van der Waals surface area contributed by atoms with Gasteiger partial charge in [-0.05, 0) is 31.1 Å². The Labute approximate surface area is 170 Å². The molecule has 3 rings (SSSR count). The molecule has 1 aromatic heterocycles. The third-order valence-electron chi connectivity index (χ3n) is 6.28. The Morgan fingerprint density at radius 2 is 1.83 bits per heavy atom. The molecule has 0 saturated heterocycles. The monoisotopic (exact) mass is 427 g/mol. The number of carboxylic acid groups (broad SMARTS) is 1. The zero-order chi connectivity index (χ0) is 22.1. The number of aliphatic hydroxyl groups is 2. The average Bonchev–Trinajstić information content (AvgIpc) is 3.09. The molecule has 0 bridgehead atoms. The highest BCUT2D eigenvalue weighted by Gasteiger charge is 2.42. The number of aromatic amines is 1. The highest BCUT2D eigenvalue weighted by molar-refractivity contribution is 5.78. The van der Waals surface area contributed by atoms with Crippen LogP contribution in [0.4, 0.5) is 4.39 Å². The van der Waals surface area contributed by atoms with Crippen molar-refractivity contribution in [3.63, 3.8) is 0 Å². The molecule has 30 heavy (non-hydrogen) atoms. The Bertz CT molecular complexity index is 921. The quantitative estimate of drug-likeness (QED) is 0.414. The van der Waals surface area contributed by atoms with Gasteiger partial charge < -0.3 is 20.6 Å². The van der Waals surface area contributed by atoms with E-state index < -0.39 is 58.6 Å². The van der Waals surface area contributed by atoms with Crippen LogP contribution in [-0.4, -0.2) is 55.0 Å². The summed E-state index contributed by atoms with van der Waals surface area (Å²) in [6.45, 7) is 0. The highest BCUT2D eigenvalue weighted by Crippen LogP contribution is 2.44. The van der Waals surface area contributed by atoms with E-state index in [0.29, 0.717) is 19.0 Å². The van der Waals surface area contributed by atoms with Gasteiger partial charge in [0.2, 0.25) is 11.7 Å². The number of H-pyrrole nitrogens is 1. The molecule has 2 saturated carbocycles. The second kappa shape index (κ2) is 8.68. The smallest absolute Gasteiger partial charge is 0.328 e. The van der Waals surface area contributed by atoms with Crippen molar-refractivity contribution >= 4 is 11.9 Å². The molecule has 1 aromatic rings. The Kier molecular flexibility index (Phi) is 6.41. The van der Waals surface area contributed by atoms with Crippen molar-refractivity contribution in [3.8, 4) is 0 Å². The number of carbonyl (C=O) groups excluding carboxylic acids is 1. The Morgan fingerprint density at radius 3 is 2.47 bits per heavy atom. The summed E-state index contributed by atoms with van der Waals surface area (Å²) in [5.41, 5.74) is -2.68. The largest absolute Gasteiger partial charge is 0.481 e. The maximum atomic E-state index is 13.6. The lowest BCUT2D eigenvalue weighted by molar-refractivity contribution is -0.140. The van der Waals surface area contributed by atoms with Crippen LogP contribution < -0.4 is 16.6 Å². The summed E-state index contributed by atoms with van der Waals surface area (Å²) in [4.78, 5) is 48.7. The molecule has 10 nitrogen and oxygen atoms in total. The second-order valence-corrected chi connectivity index (χ2v) is 8.40. The van der Waals surface area contributed by atoms with E-state index in [0.717, 1.165) is 17.4 Å². The molecule has 0 spiro atoms. The zero-order valence-corrected chi connectivity index (χ0v) is 16.3. The number of halogens is 1. The number of nitrogens with one attached hydrogen (secondary N) is 2. The first-order valence-corrected chi connectivity index (χ1v) is 10.0. The van der Waals surface area contributed by atoms with E-state index >= 15 is 0 Å². The van der Waals surface area contributed by atoms with E-state index in [1.54, 1.807) is 0 Å². The molecule has 166 valence electrons. The number of aliphatic hydroxyl groups excluding tert-OH is 2. The van der Waals surface area contributed by atoms with Crippen molar-refractivity contribution in [2.45, 2.75) is 75.7 Å². The van der Waals surface area contributed by atoms with Crippen LogP contribution in [-0.2, 0) is 9.59 Å². The standard InChI is InChI=1S/C19H26FN3O7/c20-10-9-23(18(30)22-17(10)29)12-4-3-11(15(27)16(12)28)21-13(24)7-19(8-14(25)26)5-1-2-6-19/h9,11-12,15-16,27-28H,1-8H2,(H,21,24)(H,25,26)(H,22,29,30)/t11-,12-,15-,16+/m1/s1. The molecule has 0 aromatic carbocycles. The summed E-state index contributed by atoms with van der Waals surface area (Å²) in [6.07, 6.45) is 1.07. The highest BCUT2D eigenvalue weighted by atomic mass is 19.1. The predicted octanol–water partition coefficient (Wildman–Crippen LogP) is -0.358. The van der Waals surface area contributed by atoms with Crippen molar-refractivity contribution < 1.29 is 29.3 Å². The molecular weight excluding hydrogens is 401 g/mol. The van der Waals surface area contributed by atoms with E-state index in [1.807, 2.05) is 4.98 Å². The normalized spacial score (nSPS) is 28.2. The van der Waals surface area contributed by atoms with Gasteiger partial charge >= 0.3 is 11.7 Å². The summed E-state index contributed by atoms with van der Waals surface area (Å²) in [5, 5.41) is 32.8. The zero-order valence-electron chi connectivity index (χ0n) is 16.3. The van der Waals surface area contributed by atoms with Crippen molar-refractivity contribution in [3.05, 3.63) is 32.9 Å². The van der Waals surface area contributed by atoms with E-state index in [4.69, 9.17) is 5.11 Å². The summed E-state index contributed by atoms with van der Waals surface area (Å²) in [5.74, 6) is -2.55. The van der Waals surface area contributed by atoms with Gasteiger partial charge in [0.25, 0.3) is 5.56 Å². The number of rotatable bonds is 6. The van der Waals surface area contributed by atoms with Crippen LogP contribution in [0.2, 0.25) is 0 Å². The molecule has 2 aliphatic rings. The van der Waals surface area contributed by atoms with Gasteiger partial charge in [0.15, 0.2) is 0 Å². The topological polar surface area (TPSA) is 162 Å². The molecule has 1 heterocycles. The third-order valence-corrected chi connectivity index (χ3v) is 6.28. The number of hydrogen-bond donors (Lipinski definition) is 5. The Balaban J connectivity index is 1.67. The minimum atomic E-state index is -1.48. The number of hydrogen-bond acceptors (Lipinski definition) is 6. The number of carboxylic acids is 1. The number of amides is 1. The molecule has 2 fully saturated rings. The van der Waals surface area contributed by atoms with E-state index in [1.165, 1.54) is 0 Å². The number of aliphatic carboxylic acids is 1. The molecular formula is C19H26FN3O7. The molecule has 0 radical (unpaired) electrons. The van der Waals surface area contributed by atoms with Crippen LogP contribution in [0, 0.1) is 11.2 Å². The fraction of sp³-hybridized carbons (Fsp3) is 0.684. The molecule has 11 heteroatoms. The predicted molar refractivity (Wildman–Crippen MR) is 101 cm³/mol. The molecule has 1 amide bonds. The van der Waals surface area contributed by atoms with Gasteiger partial charge in [-0.3, -0.25) is 23.9 Å². The van der Waals surface area contributed by atoms with Crippen LogP contribution in [0.15, 0.2) is 15.8 Å².